The highest BCUT2D eigenvalue weighted by atomic mass is 16.6. The Bertz CT molecular complexity index is 459. The SMILES string of the molecule is CC(C)(C)OC(=O)N1CC(C(=O)O)C2CC=CC=C21. The molecule has 0 saturated carbocycles. The number of carboxylic acid groups (broad SMARTS) is 1. The molecule has 5 nitrogen and oxygen atoms in total. The molecule has 2 unspecified atom stereocenters. The number of hydrogen-bond donors (Lipinski definition) is 1. The van der Waals surface area contributed by atoms with Gasteiger partial charge >= 0.3 is 12.1 Å². The van der Waals surface area contributed by atoms with Gasteiger partial charge < -0.3 is 9.84 Å². The molecule has 1 fully saturated rings. The fraction of sp³-hybridized carbons (Fsp3) is 0.571. The van der Waals surface area contributed by atoms with E-state index in [4.69, 9.17) is 4.74 Å². The van der Waals surface area contributed by atoms with Crippen LogP contribution in [0.3, 0.4) is 0 Å². The molecule has 1 aliphatic heterocycles. The van der Waals surface area contributed by atoms with E-state index in [-0.39, 0.29) is 12.5 Å². The molecule has 0 aromatic rings. The lowest BCUT2D eigenvalue weighted by Crippen LogP contribution is -2.35. The molecule has 0 bridgehead atoms. The molecule has 0 aromatic carbocycles. The summed E-state index contributed by atoms with van der Waals surface area (Å²) in [6, 6.07) is 0. The third-order valence-electron chi connectivity index (χ3n) is 3.28. The number of nitrogens with zero attached hydrogens (tertiary/aromatic N) is 1. The van der Waals surface area contributed by atoms with E-state index in [0.717, 1.165) is 5.70 Å². The molecular weight excluding hydrogens is 246 g/mol. The van der Waals surface area contributed by atoms with Gasteiger partial charge in [0.25, 0.3) is 0 Å². The summed E-state index contributed by atoms with van der Waals surface area (Å²) in [5.41, 5.74) is 0.169. The van der Waals surface area contributed by atoms with E-state index >= 15 is 0 Å². The maximum atomic E-state index is 12.1. The predicted molar refractivity (Wildman–Crippen MR) is 69.4 cm³/mol. The number of allylic oxidation sites excluding steroid dienone is 4. The number of hydrogen-bond acceptors (Lipinski definition) is 3. The molecule has 104 valence electrons. The normalized spacial score (nSPS) is 25.8. The van der Waals surface area contributed by atoms with E-state index in [1.807, 2.05) is 12.2 Å². The van der Waals surface area contributed by atoms with Gasteiger partial charge in [0.05, 0.1) is 5.92 Å². The number of amides is 1. The monoisotopic (exact) mass is 265 g/mol. The van der Waals surface area contributed by atoms with E-state index in [1.165, 1.54) is 4.90 Å². The molecule has 2 aliphatic rings. The van der Waals surface area contributed by atoms with Gasteiger partial charge in [-0.2, -0.15) is 0 Å². The number of carboxylic acids is 1. The van der Waals surface area contributed by atoms with Crippen LogP contribution < -0.4 is 0 Å². The van der Waals surface area contributed by atoms with Gasteiger partial charge in [-0.1, -0.05) is 12.2 Å². The van der Waals surface area contributed by atoms with Gasteiger partial charge in [0.1, 0.15) is 5.60 Å². The van der Waals surface area contributed by atoms with Gasteiger partial charge in [-0.25, -0.2) is 4.79 Å². The number of rotatable bonds is 1. The van der Waals surface area contributed by atoms with Crippen LogP contribution in [0.15, 0.2) is 23.9 Å². The summed E-state index contributed by atoms with van der Waals surface area (Å²) < 4.78 is 5.33. The molecule has 19 heavy (non-hydrogen) atoms. The molecule has 0 radical (unpaired) electrons. The van der Waals surface area contributed by atoms with Crippen molar-refractivity contribution in [2.45, 2.75) is 32.8 Å². The lowest BCUT2D eigenvalue weighted by atomic mass is 9.88. The first-order valence-corrected chi connectivity index (χ1v) is 6.39. The van der Waals surface area contributed by atoms with Crippen LogP contribution in [0, 0.1) is 11.8 Å². The number of fused-ring (bicyclic) bond motifs is 1. The average Bonchev–Trinajstić information content (AvgIpc) is 2.66. The van der Waals surface area contributed by atoms with E-state index in [1.54, 1.807) is 26.8 Å². The third-order valence-corrected chi connectivity index (χ3v) is 3.28. The van der Waals surface area contributed by atoms with Crippen LogP contribution in [0.4, 0.5) is 4.79 Å². The standard InChI is InChI=1S/C14H19NO4/c1-14(2,3)19-13(18)15-8-10(12(16)17)9-6-4-5-7-11(9)15/h4-5,7,9-10H,6,8H2,1-3H3,(H,16,17). The summed E-state index contributed by atoms with van der Waals surface area (Å²) in [6.45, 7) is 5.56. The zero-order valence-electron chi connectivity index (χ0n) is 11.4. The lowest BCUT2D eigenvalue weighted by Gasteiger charge is -2.26. The summed E-state index contributed by atoms with van der Waals surface area (Å²) in [5.74, 6) is -1.55. The van der Waals surface area contributed by atoms with E-state index in [2.05, 4.69) is 0 Å². The number of ether oxygens (including phenoxy) is 1. The Hall–Kier alpha value is -1.78. The first kappa shape index (κ1) is 13.6. The Morgan fingerprint density at radius 2 is 2.11 bits per heavy atom. The van der Waals surface area contributed by atoms with Crippen molar-refractivity contribution in [3.8, 4) is 0 Å². The Balaban J connectivity index is 2.21. The first-order valence-electron chi connectivity index (χ1n) is 6.39. The van der Waals surface area contributed by atoms with Crippen molar-refractivity contribution < 1.29 is 19.4 Å². The largest absolute Gasteiger partial charge is 0.481 e. The van der Waals surface area contributed by atoms with Crippen molar-refractivity contribution >= 4 is 12.1 Å². The minimum Gasteiger partial charge on any atom is -0.481 e. The second-order valence-corrected chi connectivity index (χ2v) is 5.90. The summed E-state index contributed by atoms with van der Waals surface area (Å²) in [5, 5.41) is 9.25. The fourth-order valence-corrected chi connectivity index (χ4v) is 2.47. The molecular formula is C14H19NO4. The van der Waals surface area contributed by atoms with Gasteiger partial charge in [0.2, 0.25) is 0 Å². The second kappa shape index (κ2) is 4.72. The molecule has 1 aliphatic carbocycles. The fourth-order valence-electron chi connectivity index (χ4n) is 2.47. The van der Waals surface area contributed by atoms with Crippen molar-refractivity contribution in [2.75, 3.05) is 6.54 Å². The Morgan fingerprint density at radius 3 is 2.68 bits per heavy atom. The van der Waals surface area contributed by atoms with Crippen LogP contribution >= 0.6 is 0 Å². The summed E-state index contributed by atoms with van der Waals surface area (Å²) in [4.78, 5) is 24.9. The molecule has 1 heterocycles. The highest BCUT2D eigenvalue weighted by Crippen LogP contribution is 2.38. The van der Waals surface area contributed by atoms with Crippen LogP contribution in [0.1, 0.15) is 27.2 Å². The van der Waals surface area contributed by atoms with Gasteiger partial charge in [0.15, 0.2) is 0 Å². The predicted octanol–water partition coefficient (Wildman–Crippen LogP) is 2.40. The van der Waals surface area contributed by atoms with Gasteiger partial charge in [-0.15, -0.1) is 0 Å². The van der Waals surface area contributed by atoms with Gasteiger partial charge in [-0.05, 0) is 33.3 Å². The number of carbonyl (C=O) groups excluding carboxylic acids is 1. The van der Waals surface area contributed by atoms with Gasteiger partial charge in [0, 0.05) is 18.2 Å². The summed E-state index contributed by atoms with van der Waals surface area (Å²) in [6.07, 6.45) is 5.78. The highest BCUT2D eigenvalue weighted by Gasteiger charge is 2.44. The molecule has 1 saturated heterocycles. The third kappa shape index (κ3) is 2.80. The van der Waals surface area contributed by atoms with Crippen molar-refractivity contribution in [3.63, 3.8) is 0 Å². The smallest absolute Gasteiger partial charge is 0.414 e. The quantitative estimate of drug-likeness (QED) is 0.790. The van der Waals surface area contributed by atoms with Gasteiger partial charge in [-0.3, -0.25) is 9.69 Å². The summed E-state index contributed by atoms with van der Waals surface area (Å²) >= 11 is 0. The molecule has 2 rings (SSSR count). The molecule has 5 heteroatoms. The summed E-state index contributed by atoms with van der Waals surface area (Å²) in [7, 11) is 0. The van der Waals surface area contributed by atoms with Crippen LogP contribution in [0.5, 0.6) is 0 Å². The van der Waals surface area contributed by atoms with E-state index < -0.39 is 23.6 Å². The first-order chi connectivity index (χ1) is 8.79. The number of likely N-dealkylation sites (tertiary alicyclic amines) is 1. The number of aliphatic carboxylic acids is 1. The molecule has 1 N–H and O–H groups in total. The molecule has 0 spiro atoms. The van der Waals surface area contributed by atoms with Crippen molar-refractivity contribution in [1.29, 1.82) is 0 Å². The number of carbonyl (C=O) groups is 2. The lowest BCUT2D eigenvalue weighted by molar-refractivity contribution is -0.142. The zero-order valence-corrected chi connectivity index (χ0v) is 11.4. The minimum atomic E-state index is -0.864. The molecule has 2 atom stereocenters. The van der Waals surface area contributed by atoms with E-state index in [9.17, 15) is 14.7 Å². The Kier molecular flexibility index (Phi) is 3.39. The zero-order chi connectivity index (χ0) is 14.2. The Labute approximate surface area is 112 Å². The topological polar surface area (TPSA) is 66.8 Å². The average molecular weight is 265 g/mol. The van der Waals surface area contributed by atoms with Crippen LogP contribution in [-0.4, -0.2) is 34.2 Å². The second-order valence-electron chi connectivity index (χ2n) is 5.90. The van der Waals surface area contributed by atoms with Crippen LogP contribution in [0.2, 0.25) is 0 Å². The van der Waals surface area contributed by atoms with Crippen molar-refractivity contribution in [3.05, 3.63) is 23.9 Å². The van der Waals surface area contributed by atoms with Crippen molar-refractivity contribution in [1.82, 2.24) is 4.90 Å². The molecule has 1 amide bonds. The maximum Gasteiger partial charge on any atom is 0.414 e. The van der Waals surface area contributed by atoms with Crippen LogP contribution in [-0.2, 0) is 9.53 Å². The van der Waals surface area contributed by atoms with Crippen LogP contribution in [0.25, 0.3) is 0 Å². The minimum absolute atomic E-state index is 0.130. The molecule has 0 aromatic heterocycles. The highest BCUT2D eigenvalue weighted by molar-refractivity contribution is 5.77. The van der Waals surface area contributed by atoms with E-state index in [0.29, 0.717) is 6.42 Å². The Morgan fingerprint density at radius 1 is 1.42 bits per heavy atom. The van der Waals surface area contributed by atoms with Crippen molar-refractivity contribution in [2.24, 2.45) is 11.8 Å². The maximum absolute atomic E-state index is 12.1.